The van der Waals surface area contributed by atoms with E-state index in [1.54, 1.807) is 5.57 Å². The molecule has 0 unspecified atom stereocenters. The largest absolute Gasteiger partial charge is 0.457 e. The lowest BCUT2D eigenvalue weighted by atomic mass is 9.64. The van der Waals surface area contributed by atoms with Crippen LogP contribution in [0.15, 0.2) is 47.1 Å². The Kier molecular flexibility index (Phi) is 13.5. The van der Waals surface area contributed by atoms with Gasteiger partial charge in [0.25, 0.3) is 0 Å². The van der Waals surface area contributed by atoms with Crippen molar-refractivity contribution in [3.63, 3.8) is 0 Å². The van der Waals surface area contributed by atoms with Gasteiger partial charge in [-0.1, -0.05) is 119 Å². The number of fused-ring (bicyclic) bond motifs is 1. The molecule has 5 nitrogen and oxygen atoms in total. The minimum absolute atomic E-state index is 0.0175. The lowest BCUT2D eigenvalue weighted by Crippen LogP contribution is -2.56. The lowest BCUT2D eigenvalue weighted by Gasteiger charge is -2.51. The van der Waals surface area contributed by atoms with E-state index < -0.39 is 28.0 Å². The molecule has 0 aliphatic heterocycles. The summed E-state index contributed by atoms with van der Waals surface area (Å²) in [6.45, 7) is 40.5. The van der Waals surface area contributed by atoms with E-state index in [0.29, 0.717) is 18.8 Å². The molecule has 0 bridgehead atoms. The molecule has 0 spiro atoms. The molecule has 7 heteroatoms. The van der Waals surface area contributed by atoms with Gasteiger partial charge >= 0.3 is 5.97 Å². The first-order chi connectivity index (χ1) is 22.8. The van der Waals surface area contributed by atoms with Crippen LogP contribution in [-0.2, 0) is 23.1 Å². The van der Waals surface area contributed by atoms with E-state index in [9.17, 15) is 4.79 Å². The van der Waals surface area contributed by atoms with Crippen LogP contribution in [0.3, 0.4) is 0 Å². The molecule has 3 aliphatic carbocycles. The first-order valence-electron chi connectivity index (χ1n) is 19.8. The molecule has 0 aromatic carbocycles. The summed E-state index contributed by atoms with van der Waals surface area (Å²) in [5, 5.41) is -0.0418. The molecule has 0 amide bonds. The molecule has 4 atom stereocenters. The Morgan fingerprint density at radius 1 is 1.00 bits per heavy atom. The summed E-state index contributed by atoms with van der Waals surface area (Å²) in [4.78, 5) is 13.7. The minimum Gasteiger partial charge on any atom is -0.457 e. The van der Waals surface area contributed by atoms with Gasteiger partial charge in [0.05, 0.1) is 6.10 Å². The number of rotatable bonds is 13. The monoisotopic (exact) mass is 729 g/mol. The van der Waals surface area contributed by atoms with Crippen molar-refractivity contribution in [2.24, 2.45) is 17.3 Å². The molecule has 0 aromatic rings. The van der Waals surface area contributed by atoms with Crippen LogP contribution < -0.4 is 0 Å². The second-order valence-electron chi connectivity index (χ2n) is 19.3. The third kappa shape index (κ3) is 9.09. The second-order valence-corrected chi connectivity index (χ2v) is 28.8. The van der Waals surface area contributed by atoms with Crippen LogP contribution in [-0.4, -0.2) is 46.7 Å². The molecule has 0 N–H and O–H groups in total. The van der Waals surface area contributed by atoms with Crippen molar-refractivity contribution in [3.05, 3.63) is 47.1 Å². The van der Waals surface area contributed by atoms with Crippen molar-refractivity contribution < 1.29 is 23.1 Å². The van der Waals surface area contributed by atoms with E-state index in [-0.39, 0.29) is 40.1 Å². The molecule has 2 saturated carbocycles. The van der Waals surface area contributed by atoms with E-state index in [0.717, 1.165) is 43.3 Å². The second kappa shape index (κ2) is 15.6. The van der Waals surface area contributed by atoms with Gasteiger partial charge in [-0.25, -0.2) is 4.79 Å². The fourth-order valence-electron chi connectivity index (χ4n) is 8.17. The Hall–Kier alpha value is -1.26. The van der Waals surface area contributed by atoms with Gasteiger partial charge in [-0.2, -0.15) is 0 Å². The van der Waals surface area contributed by atoms with Gasteiger partial charge in [-0.05, 0) is 110 Å². The van der Waals surface area contributed by atoms with Crippen LogP contribution in [0, 0.1) is 17.3 Å². The standard InChI is InChI=1S/C43H76O5Si2/c1-18-35-25-26-36-33(22-21-27-41(35,36)13)23-24-34-28-43(48-50(16,17)40(10,11)12,29-37(32(34)6)47-49(14,15)39(7,8)9)45-30-38(44)46-42(19-2,20-3)31(4)5/h23-25,31,36-37H,6,18-22,26-30H2,1-5,7-17H3/t36-,37-,41+,43+/m0/s1. The van der Waals surface area contributed by atoms with Crippen molar-refractivity contribution in [1.29, 1.82) is 0 Å². The maximum absolute atomic E-state index is 13.7. The summed E-state index contributed by atoms with van der Waals surface area (Å²) >= 11 is 0. The SMILES string of the molecule is C=C1C(=CC=C2CCC[C@]3(C)C(CC)=CC[C@@H]23)C[C@@](OCC(=O)OC(CC)(CC)C(C)C)(O[Si](C)(C)C(C)(C)C)C[C@@H]1O[Si](C)(C)C(C)(C)C. The van der Waals surface area contributed by atoms with Crippen LogP contribution >= 0.6 is 0 Å². The van der Waals surface area contributed by atoms with E-state index in [4.69, 9.17) is 24.9 Å². The normalized spacial score (nSPS) is 28.7. The molecular formula is C43H76O5Si2. The predicted octanol–water partition coefficient (Wildman–Crippen LogP) is 12.6. The highest BCUT2D eigenvalue weighted by molar-refractivity contribution is 6.74. The highest BCUT2D eigenvalue weighted by Gasteiger charge is 2.52. The Bertz CT molecular complexity index is 1320. The van der Waals surface area contributed by atoms with E-state index in [1.807, 2.05) is 0 Å². The number of carbonyl (C=O) groups excluding carboxylic acids is 1. The molecule has 50 heavy (non-hydrogen) atoms. The lowest BCUT2D eigenvalue weighted by molar-refractivity contribution is -0.221. The predicted molar refractivity (Wildman–Crippen MR) is 216 cm³/mol. The first kappa shape index (κ1) is 43.2. The Balaban J connectivity index is 2.12. The maximum atomic E-state index is 13.7. The maximum Gasteiger partial charge on any atom is 0.332 e. The molecule has 3 rings (SSSR count). The van der Waals surface area contributed by atoms with Gasteiger partial charge in [0.2, 0.25) is 0 Å². The summed E-state index contributed by atoms with van der Waals surface area (Å²) in [7, 11) is -4.60. The summed E-state index contributed by atoms with van der Waals surface area (Å²) in [6.07, 6.45) is 15.3. The average Bonchev–Trinajstić information content (AvgIpc) is 3.34. The zero-order valence-corrected chi connectivity index (χ0v) is 37.3. The average molecular weight is 729 g/mol. The Morgan fingerprint density at radius 3 is 2.12 bits per heavy atom. The molecule has 0 saturated heterocycles. The number of allylic oxidation sites excluding steroid dienone is 5. The number of carbonyl (C=O) groups is 1. The quantitative estimate of drug-likeness (QED) is 0.0818. The zero-order chi connectivity index (χ0) is 38.1. The third-order valence-electron chi connectivity index (χ3n) is 13.9. The first-order valence-corrected chi connectivity index (χ1v) is 25.7. The molecule has 3 aliphatic rings. The van der Waals surface area contributed by atoms with Crippen LogP contribution in [0.25, 0.3) is 0 Å². The molecule has 0 aromatic heterocycles. The minimum atomic E-state index is -2.39. The van der Waals surface area contributed by atoms with E-state index in [1.165, 1.54) is 18.4 Å². The van der Waals surface area contributed by atoms with Crippen LogP contribution in [0.1, 0.15) is 141 Å². The fourth-order valence-corrected chi connectivity index (χ4v) is 10.9. The van der Waals surface area contributed by atoms with Gasteiger partial charge in [-0.15, -0.1) is 0 Å². The molecule has 2 fully saturated rings. The summed E-state index contributed by atoms with van der Waals surface area (Å²) < 4.78 is 27.7. The van der Waals surface area contributed by atoms with Gasteiger partial charge in [0.15, 0.2) is 22.4 Å². The van der Waals surface area contributed by atoms with E-state index >= 15 is 0 Å². The van der Waals surface area contributed by atoms with Gasteiger partial charge < -0.3 is 18.3 Å². The summed E-state index contributed by atoms with van der Waals surface area (Å²) in [5.74, 6) is -0.629. The number of hydrogen-bond acceptors (Lipinski definition) is 5. The number of hydrogen-bond donors (Lipinski definition) is 0. The smallest absolute Gasteiger partial charge is 0.332 e. The molecule has 286 valence electrons. The highest BCUT2D eigenvalue weighted by atomic mass is 28.4. The summed E-state index contributed by atoms with van der Waals surface area (Å²) in [5.41, 5.74) is 5.03. The third-order valence-corrected chi connectivity index (χ3v) is 22.8. The van der Waals surface area contributed by atoms with Crippen molar-refractivity contribution in [1.82, 2.24) is 0 Å². The van der Waals surface area contributed by atoms with Crippen LogP contribution in [0.2, 0.25) is 36.3 Å². The zero-order valence-electron chi connectivity index (χ0n) is 35.3. The van der Waals surface area contributed by atoms with Crippen LogP contribution in [0.4, 0.5) is 0 Å². The van der Waals surface area contributed by atoms with Crippen LogP contribution in [0.5, 0.6) is 0 Å². The Labute approximate surface area is 310 Å². The molecule has 0 heterocycles. The van der Waals surface area contributed by atoms with Crippen molar-refractivity contribution in [3.8, 4) is 0 Å². The topological polar surface area (TPSA) is 54.0 Å². The molecule has 0 radical (unpaired) electrons. The van der Waals surface area contributed by atoms with Gasteiger partial charge in [0, 0.05) is 12.8 Å². The highest BCUT2D eigenvalue weighted by Crippen LogP contribution is 2.56. The van der Waals surface area contributed by atoms with Crippen molar-refractivity contribution >= 4 is 22.6 Å². The van der Waals surface area contributed by atoms with E-state index in [2.05, 4.69) is 128 Å². The summed E-state index contributed by atoms with van der Waals surface area (Å²) in [6, 6.07) is 0. The molecular weight excluding hydrogens is 653 g/mol. The number of ether oxygens (including phenoxy) is 2. The Morgan fingerprint density at radius 2 is 1.60 bits per heavy atom. The van der Waals surface area contributed by atoms with Crippen molar-refractivity contribution in [2.45, 2.75) is 195 Å². The number of esters is 1. The van der Waals surface area contributed by atoms with Crippen molar-refractivity contribution in [2.75, 3.05) is 6.61 Å². The van der Waals surface area contributed by atoms with Gasteiger partial charge in [0.1, 0.15) is 12.2 Å². The van der Waals surface area contributed by atoms with Gasteiger partial charge in [-0.3, -0.25) is 0 Å². The fraction of sp³-hybridized carbons (Fsp3) is 0.791.